The first-order valence-electron chi connectivity index (χ1n) is 11.1. The molecule has 0 spiro atoms. The third-order valence-corrected chi connectivity index (χ3v) is 6.35. The van der Waals surface area contributed by atoms with Crippen molar-refractivity contribution in [3.05, 3.63) is 63.5 Å². The number of alkyl halides is 3. The second kappa shape index (κ2) is 10.6. The Labute approximate surface area is 216 Å². The van der Waals surface area contributed by atoms with E-state index < -0.39 is 34.9 Å². The van der Waals surface area contributed by atoms with Gasteiger partial charge in [-0.25, -0.2) is 19.6 Å². The van der Waals surface area contributed by atoms with Crippen LogP contribution in [0.1, 0.15) is 23.0 Å². The number of rotatable bonds is 7. The van der Waals surface area contributed by atoms with Crippen molar-refractivity contribution in [3.8, 4) is 21.7 Å². The average Bonchev–Trinajstić information content (AvgIpc) is 3.36. The van der Waals surface area contributed by atoms with E-state index in [1.165, 1.54) is 29.0 Å². The first-order chi connectivity index (χ1) is 18.0. The van der Waals surface area contributed by atoms with Gasteiger partial charge in [0.2, 0.25) is 5.43 Å². The summed E-state index contributed by atoms with van der Waals surface area (Å²) < 4.78 is 41.2. The van der Waals surface area contributed by atoms with E-state index >= 15 is 0 Å². The lowest BCUT2D eigenvalue weighted by Gasteiger charge is -2.14. The van der Waals surface area contributed by atoms with E-state index in [1.54, 1.807) is 13.0 Å². The number of nitrogens with zero attached hydrogens (tertiary/aromatic N) is 3. The smallest absolute Gasteiger partial charge is 0.434 e. The maximum Gasteiger partial charge on any atom is 0.434 e. The van der Waals surface area contributed by atoms with E-state index in [0.29, 0.717) is 23.2 Å². The summed E-state index contributed by atoms with van der Waals surface area (Å²) in [7, 11) is 0. The zero-order valence-electron chi connectivity index (χ0n) is 19.7. The number of carbonyl (C=O) groups excluding carboxylic acids is 1. The van der Waals surface area contributed by atoms with Crippen molar-refractivity contribution in [2.45, 2.75) is 19.6 Å². The molecular weight excluding hydrogens is 527 g/mol. The summed E-state index contributed by atoms with van der Waals surface area (Å²) in [5.41, 5.74) is -0.937. The minimum absolute atomic E-state index is 0.0115. The minimum Gasteiger partial charge on any atom is -0.477 e. The van der Waals surface area contributed by atoms with E-state index in [4.69, 9.17) is 0 Å². The fraction of sp³-hybridized carbons (Fsp3) is 0.208. The van der Waals surface area contributed by atoms with Crippen LogP contribution < -0.4 is 16.1 Å². The van der Waals surface area contributed by atoms with Crippen molar-refractivity contribution < 1.29 is 33.0 Å². The van der Waals surface area contributed by atoms with E-state index in [1.807, 2.05) is 0 Å². The Bertz CT molecular complexity index is 1600. The quantitative estimate of drug-likeness (QED) is 0.273. The van der Waals surface area contributed by atoms with Gasteiger partial charge < -0.3 is 20.1 Å². The summed E-state index contributed by atoms with van der Waals surface area (Å²) in [4.78, 5) is 44.2. The van der Waals surface area contributed by atoms with Gasteiger partial charge in [-0.15, -0.1) is 11.3 Å². The van der Waals surface area contributed by atoms with Crippen LogP contribution in [0.5, 0.6) is 0 Å². The van der Waals surface area contributed by atoms with Crippen LogP contribution in [-0.2, 0) is 12.7 Å². The molecule has 10 nitrogen and oxygen atoms in total. The molecule has 0 bridgehead atoms. The van der Waals surface area contributed by atoms with Crippen molar-refractivity contribution in [1.29, 1.82) is 0 Å². The molecule has 0 saturated heterocycles. The maximum absolute atomic E-state index is 13.3. The molecule has 3 heterocycles. The summed E-state index contributed by atoms with van der Waals surface area (Å²) in [6.07, 6.45) is -2.18. The van der Waals surface area contributed by atoms with Gasteiger partial charge in [0.1, 0.15) is 16.4 Å². The molecule has 0 radical (unpaired) electrons. The van der Waals surface area contributed by atoms with Crippen LogP contribution in [0.2, 0.25) is 0 Å². The summed E-state index contributed by atoms with van der Waals surface area (Å²) >= 11 is 0.758. The predicted molar refractivity (Wildman–Crippen MR) is 134 cm³/mol. The van der Waals surface area contributed by atoms with Crippen molar-refractivity contribution in [2.24, 2.45) is 0 Å². The molecule has 0 aliphatic heterocycles. The maximum atomic E-state index is 13.3. The third-order valence-electron chi connectivity index (χ3n) is 5.47. The van der Waals surface area contributed by atoms with E-state index in [0.717, 1.165) is 22.9 Å². The van der Waals surface area contributed by atoms with E-state index in [9.17, 15) is 37.8 Å². The van der Waals surface area contributed by atoms with Crippen molar-refractivity contribution in [1.82, 2.24) is 19.9 Å². The molecule has 2 amide bonds. The number of hydrogen-bond donors (Lipinski definition) is 4. The standard InChI is InChI=1S/C24H20F3N5O5S/c1-2-28-23(37)31-19-8-14(21-30-18(11-38-21)24(25,26)27)15(9-29-19)12-3-4-13-17(7-12)32(5-6-33)10-16(20(13)34)22(35)36/h3-4,7-11,33H,2,5-6H2,1H3,(H,35,36)(H2,28,29,31,37). The van der Waals surface area contributed by atoms with E-state index in [-0.39, 0.29) is 34.9 Å². The number of carboxylic acids is 1. The number of thiazole rings is 1. The Hall–Kier alpha value is -4.30. The van der Waals surface area contributed by atoms with Crippen molar-refractivity contribution in [3.63, 3.8) is 0 Å². The number of aromatic carboxylic acids is 1. The molecule has 3 aromatic heterocycles. The highest BCUT2D eigenvalue weighted by Crippen LogP contribution is 2.39. The molecule has 38 heavy (non-hydrogen) atoms. The van der Waals surface area contributed by atoms with Crippen LogP contribution >= 0.6 is 11.3 Å². The van der Waals surface area contributed by atoms with Crippen molar-refractivity contribution >= 4 is 40.1 Å². The van der Waals surface area contributed by atoms with Gasteiger partial charge in [0, 0.05) is 47.4 Å². The van der Waals surface area contributed by atoms with E-state index in [2.05, 4.69) is 20.6 Å². The highest BCUT2D eigenvalue weighted by molar-refractivity contribution is 7.13. The summed E-state index contributed by atoms with van der Waals surface area (Å²) in [5, 5.41) is 24.9. The molecule has 4 N–H and O–H groups in total. The van der Waals surface area contributed by atoms with Crippen LogP contribution in [-0.4, -0.2) is 49.9 Å². The zero-order valence-corrected chi connectivity index (χ0v) is 20.5. The molecule has 198 valence electrons. The molecule has 0 saturated carbocycles. The van der Waals surface area contributed by atoms with Crippen LogP contribution in [0.15, 0.2) is 46.8 Å². The average molecular weight is 548 g/mol. The van der Waals surface area contributed by atoms with Gasteiger partial charge in [-0.05, 0) is 30.7 Å². The molecular formula is C24H20F3N5O5S. The number of aliphatic hydroxyl groups is 1. The number of hydrogen-bond acceptors (Lipinski definition) is 7. The zero-order chi connectivity index (χ0) is 27.6. The molecule has 4 rings (SSSR count). The Kier molecular flexibility index (Phi) is 7.46. The number of aliphatic hydroxyl groups excluding tert-OH is 1. The molecule has 0 aliphatic carbocycles. The largest absolute Gasteiger partial charge is 0.477 e. The lowest BCUT2D eigenvalue weighted by Crippen LogP contribution is -2.28. The van der Waals surface area contributed by atoms with Gasteiger partial charge in [0.05, 0.1) is 12.1 Å². The SMILES string of the molecule is CCNC(=O)Nc1cc(-c2nc(C(F)(F)F)cs2)c(-c2ccc3c(=O)c(C(=O)O)cn(CCO)c3c2)cn1. The molecule has 0 atom stereocenters. The second-order valence-electron chi connectivity index (χ2n) is 7.96. The van der Waals surface area contributed by atoms with Gasteiger partial charge in [-0.3, -0.25) is 10.1 Å². The van der Waals surface area contributed by atoms with Gasteiger partial charge in [0.15, 0.2) is 5.69 Å². The summed E-state index contributed by atoms with van der Waals surface area (Å²) in [6, 6.07) is 5.30. The van der Waals surface area contributed by atoms with Crippen LogP contribution in [0, 0.1) is 0 Å². The molecule has 4 aromatic rings. The number of anilines is 1. The van der Waals surface area contributed by atoms with Crippen LogP contribution in [0.3, 0.4) is 0 Å². The number of carbonyl (C=O) groups is 2. The monoisotopic (exact) mass is 547 g/mol. The lowest BCUT2D eigenvalue weighted by atomic mass is 9.99. The number of nitrogens with one attached hydrogen (secondary N) is 2. The predicted octanol–water partition coefficient (Wildman–Crippen LogP) is 4.04. The highest BCUT2D eigenvalue weighted by Gasteiger charge is 2.34. The highest BCUT2D eigenvalue weighted by atomic mass is 32.1. The molecule has 14 heteroatoms. The molecule has 1 aromatic carbocycles. The fourth-order valence-corrected chi connectivity index (χ4v) is 4.64. The third kappa shape index (κ3) is 5.35. The Morgan fingerprint density at radius 3 is 2.58 bits per heavy atom. The first-order valence-corrected chi connectivity index (χ1v) is 12.0. The van der Waals surface area contributed by atoms with Crippen LogP contribution in [0.4, 0.5) is 23.8 Å². The number of aromatic nitrogens is 3. The number of benzene rings is 1. The number of fused-ring (bicyclic) bond motifs is 1. The van der Waals surface area contributed by atoms with Gasteiger partial charge >= 0.3 is 18.2 Å². The van der Waals surface area contributed by atoms with Crippen molar-refractivity contribution in [2.75, 3.05) is 18.5 Å². The van der Waals surface area contributed by atoms with Gasteiger partial charge in [-0.2, -0.15) is 13.2 Å². The topological polar surface area (TPSA) is 146 Å². The Morgan fingerprint density at radius 1 is 1.18 bits per heavy atom. The Balaban J connectivity index is 1.92. The number of pyridine rings is 2. The second-order valence-corrected chi connectivity index (χ2v) is 8.82. The normalized spacial score (nSPS) is 11.5. The van der Waals surface area contributed by atoms with Gasteiger partial charge in [0.25, 0.3) is 0 Å². The number of halogens is 3. The number of amides is 2. The Morgan fingerprint density at radius 2 is 1.95 bits per heavy atom. The summed E-state index contributed by atoms with van der Waals surface area (Å²) in [5.74, 6) is -1.35. The van der Waals surface area contributed by atoms with Crippen LogP contribution in [0.25, 0.3) is 32.6 Å². The number of carboxylic acid groups (broad SMARTS) is 1. The van der Waals surface area contributed by atoms with Gasteiger partial charge in [-0.1, -0.05) is 6.07 Å². The minimum atomic E-state index is -4.66. The lowest BCUT2D eigenvalue weighted by molar-refractivity contribution is -0.140. The fourth-order valence-electron chi connectivity index (χ4n) is 3.78. The molecule has 0 unspecified atom stereocenters. The summed E-state index contributed by atoms with van der Waals surface area (Å²) in [6.45, 7) is 1.70. The number of urea groups is 1. The first kappa shape index (κ1) is 26.8. The molecule has 0 fully saturated rings. The molecule has 0 aliphatic rings.